The van der Waals surface area contributed by atoms with Gasteiger partial charge in [0, 0.05) is 74.2 Å². The number of aromatic nitrogens is 4. The van der Waals surface area contributed by atoms with Crippen LogP contribution in [-0.4, -0.2) is 55.8 Å². The SMILES string of the molecule is CC[C@H]1c2cc3[nH]c4c(c5nc(cc6[nH]c(cc(n2)[C@@H]1C)/c(=C(/C)O)c6C)[C@@H](C)[C@@H]5CCC(=O)OC/C=C(\C)CCCC(C)C)[C@@H](C(=O)OC)C(O)=c4c3C. The molecule has 0 fully saturated rings. The first-order valence-corrected chi connectivity index (χ1v) is 19.9. The van der Waals surface area contributed by atoms with Crippen LogP contribution in [0.25, 0.3) is 33.6 Å². The van der Waals surface area contributed by atoms with Gasteiger partial charge in [-0.2, -0.15) is 0 Å². The van der Waals surface area contributed by atoms with Crippen LogP contribution in [0.3, 0.4) is 0 Å². The lowest BCUT2D eigenvalue weighted by Crippen LogP contribution is -2.18. The second-order valence-corrected chi connectivity index (χ2v) is 16.3. The molecule has 3 aliphatic rings. The molecule has 0 saturated carbocycles. The molecule has 0 spiro atoms. The first kappa shape index (κ1) is 39.8. The summed E-state index contributed by atoms with van der Waals surface area (Å²) in [5, 5.41) is 24.1. The van der Waals surface area contributed by atoms with Crippen LogP contribution in [0.1, 0.15) is 156 Å². The topological polar surface area (TPSA) is 150 Å². The molecule has 3 aromatic rings. The highest BCUT2D eigenvalue weighted by Crippen LogP contribution is 2.46. The average molecular weight is 751 g/mol. The Kier molecular flexibility index (Phi) is 11.6. The number of carbonyl (C=O) groups is 2. The molecule has 0 aromatic carbocycles. The van der Waals surface area contributed by atoms with E-state index in [2.05, 4.69) is 57.6 Å². The van der Waals surface area contributed by atoms with Gasteiger partial charge in [-0.3, -0.25) is 19.6 Å². The number of aliphatic hydroxyl groups excluding tert-OH is 2. The van der Waals surface area contributed by atoms with Crippen molar-refractivity contribution in [2.75, 3.05) is 13.7 Å². The molecular formula is C45H58N4O6. The minimum atomic E-state index is -1.08. The molecule has 5 atom stereocenters. The van der Waals surface area contributed by atoms with Gasteiger partial charge in [-0.05, 0) is 94.7 Å². The Bertz CT molecular complexity index is 2330. The van der Waals surface area contributed by atoms with E-state index in [9.17, 15) is 19.8 Å². The summed E-state index contributed by atoms with van der Waals surface area (Å²) in [7, 11) is 1.32. The lowest BCUT2D eigenvalue weighted by Gasteiger charge is -2.19. The first-order valence-electron chi connectivity index (χ1n) is 19.9. The van der Waals surface area contributed by atoms with Gasteiger partial charge < -0.3 is 29.7 Å². The van der Waals surface area contributed by atoms with E-state index in [1.807, 2.05) is 32.1 Å². The Morgan fingerprint density at radius 3 is 2.25 bits per heavy atom. The summed E-state index contributed by atoms with van der Waals surface area (Å²) >= 11 is 0. The molecule has 10 nitrogen and oxygen atoms in total. The molecule has 10 heteroatoms. The van der Waals surface area contributed by atoms with Crippen molar-refractivity contribution < 1.29 is 29.3 Å². The molecule has 55 heavy (non-hydrogen) atoms. The van der Waals surface area contributed by atoms with Gasteiger partial charge in [0.2, 0.25) is 0 Å². The summed E-state index contributed by atoms with van der Waals surface area (Å²) in [6.07, 6.45) is 6.69. The largest absolute Gasteiger partial charge is 0.512 e. The zero-order chi connectivity index (χ0) is 39.9. The molecule has 294 valence electrons. The molecule has 8 bridgehead atoms. The summed E-state index contributed by atoms with van der Waals surface area (Å²) in [5.74, 6) is -1.36. The van der Waals surface area contributed by atoms with Gasteiger partial charge in [-0.1, -0.05) is 46.6 Å². The number of allylic oxidation sites excluding steroid dienone is 1. The highest BCUT2D eigenvalue weighted by molar-refractivity contribution is 5.96. The smallest absolute Gasteiger partial charge is 0.321 e. The van der Waals surface area contributed by atoms with Crippen LogP contribution in [0.15, 0.2) is 29.8 Å². The van der Waals surface area contributed by atoms with Gasteiger partial charge >= 0.3 is 11.9 Å². The van der Waals surface area contributed by atoms with Crippen molar-refractivity contribution in [1.82, 2.24) is 19.9 Å². The molecule has 4 N–H and O–H groups in total. The van der Waals surface area contributed by atoms with Crippen molar-refractivity contribution >= 4 is 45.5 Å². The Morgan fingerprint density at radius 1 is 0.927 bits per heavy atom. The van der Waals surface area contributed by atoms with Crippen molar-refractivity contribution in [3.63, 3.8) is 0 Å². The Hall–Kier alpha value is -4.86. The number of fused-ring (bicyclic) bond motifs is 8. The van der Waals surface area contributed by atoms with E-state index in [-0.39, 0.29) is 54.2 Å². The third-order valence-electron chi connectivity index (χ3n) is 12.2. The number of hydrogen-bond acceptors (Lipinski definition) is 8. The predicted molar refractivity (Wildman–Crippen MR) is 217 cm³/mol. The van der Waals surface area contributed by atoms with Crippen LogP contribution in [0.4, 0.5) is 0 Å². The molecule has 0 unspecified atom stereocenters. The quantitative estimate of drug-likeness (QED) is 0.112. The van der Waals surface area contributed by atoms with Crippen LogP contribution in [0, 0.1) is 19.8 Å². The maximum absolute atomic E-state index is 13.6. The Balaban J connectivity index is 1.54. The second-order valence-electron chi connectivity index (χ2n) is 16.3. The van der Waals surface area contributed by atoms with Gasteiger partial charge in [0.25, 0.3) is 0 Å². The van der Waals surface area contributed by atoms with Crippen molar-refractivity contribution in [1.29, 1.82) is 0 Å². The van der Waals surface area contributed by atoms with Crippen LogP contribution in [-0.2, 0) is 19.1 Å². The number of aromatic amines is 2. The molecule has 5 heterocycles. The van der Waals surface area contributed by atoms with E-state index in [1.54, 1.807) is 6.92 Å². The highest BCUT2D eigenvalue weighted by atomic mass is 16.5. The number of rotatable bonds is 11. The fourth-order valence-electron chi connectivity index (χ4n) is 8.88. The number of nitrogens with zero attached hydrogens (tertiary/aromatic N) is 2. The number of carbonyl (C=O) groups excluding carboxylic acids is 2. The van der Waals surface area contributed by atoms with E-state index in [0.717, 1.165) is 75.7 Å². The van der Waals surface area contributed by atoms with Crippen molar-refractivity contribution in [2.24, 2.45) is 5.92 Å². The van der Waals surface area contributed by atoms with Crippen LogP contribution in [0.5, 0.6) is 0 Å². The minimum absolute atomic E-state index is 0.0781. The first-order chi connectivity index (χ1) is 26.2. The third-order valence-corrected chi connectivity index (χ3v) is 12.2. The van der Waals surface area contributed by atoms with Crippen LogP contribution >= 0.6 is 0 Å². The zero-order valence-corrected chi connectivity index (χ0v) is 34.1. The van der Waals surface area contributed by atoms with Crippen molar-refractivity contribution in [3.8, 4) is 0 Å². The summed E-state index contributed by atoms with van der Waals surface area (Å²) < 4.78 is 11.0. The summed E-state index contributed by atoms with van der Waals surface area (Å²) in [5.41, 5.74) is 9.65. The number of methoxy groups -OCH3 is 1. The van der Waals surface area contributed by atoms with Crippen LogP contribution < -0.4 is 10.4 Å². The predicted octanol–water partition coefficient (Wildman–Crippen LogP) is 8.83. The van der Waals surface area contributed by atoms with Gasteiger partial charge in [0.15, 0.2) is 0 Å². The van der Waals surface area contributed by atoms with Gasteiger partial charge in [0.1, 0.15) is 18.3 Å². The number of nitrogens with one attached hydrogen (secondary N) is 2. The third kappa shape index (κ3) is 7.57. The Morgan fingerprint density at radius 2 is 1.58 bits per heavy atom. The molecular weight excluding hydrogens is 693 g/mol. The number of aliphatic hydroxyl groups is 2. The molecule has 0 saturated heterocycles. The van der Waals surface area contributed by atoms with E-state index >= 15 is 0 Å². The summed E-state index contributed by atoms with van der Waals surface area (Å²) in [6.45, 7) is 18.8. The minimum Gasteiger partial charge on any atom is -0.512 e. The normalized spacial score (nSPS) is 21.3. The van der Waals surface area contributed by atoms with Gasteiger partial charge in [-0.15, -0.1) is 0 Å². The zero-order valence-electron chi connectivity index (χ0n) is 34.1. The number of hydrogen-bond donors (Lipinski definition) is 4. The molecule has 1 aliphatic carbocycles. The number of ether oxygens (including phenoxy) is 2. The number of H-pyrrole nitrogens is 2. The van der Waals surface area contributed by atoms with Crippen LogP contribution in [0.2, 0.25) is 0 Å². The maximum atomic E-state index is 13.6. The maximum Gasteiger partial charge on any atom is 0.321 e. The fraction of sp³-hybridized carbons (Fsp3) is 0.511. The standard InChI is InChI=1S/C45H58N4O6/c1-11-29-24(5)31-21-36-38(28(9)50)26(7)33(47-36)19-32-25(6)30(15-16-37(51)55-18-17-23(4)14-12-13-22(2)3)42(48-32)40-41(45(53)54-10)44(52)39-27(8)34(49-43(39)40)20-35(29)46-31/h17,19-22,24-25,29-30,41,47,49-50,52H,11-16,18H2,1-10H3/b23-17+,32-19?,35-20?,36-21?,38-28-/t24-,25+,29-,30+,41-/m1/s1. The Labute approximate surface area is 323 Å². The fourth-order valence-corrected chi connectivity index (χ4v) is 8.88. The number of esters is 2. The van der Waals surface area contributed by atoms with Crippen molar-refractivity contribution in [3.05, 3.63) is 79.8 Å². The second kappa shape index (κ2) is 16.1. The lowest BCUT2D eigenvalue weighted by molar-refractivity contribution is -0.143. The molecule has 6 rings (SSSR count). The molecule has 3 aromatic heterocycles. The molecule has 2 aliphatic heterocycles. The van der Waals surface area contributed by atoms with Gasteiger partial charge in [0.05, 0.1) is 29.6 Å². The van der Waals surface area contributed by atoms with E-state index in [0.29, 0.717) is 34.3 Å². The van der Waals surface area contributed by atoms with E-state index in [1.165, 1.54) is 12.7 Å². The van der Waals surface area contributed by atoms with E-state index < -0.39 is 11.9 Å². The van der Waals surface area contributed by atoms with E-state index in [4.69, 9.17) is 19.4 Å². The van der Waals surface area contributed by atoms with Gasteiger partial charge in [-0.25, -0.2) is 0 Å². The lowest BCUT2D eigenvalue weighted by atomic mass is 9.84. The molecule has 0 radical (unpaired) electrons. The molecule has 0 amide bonds. The summed E-state index contributed by atoms with van der Waals surface area (Å²) in [4.78, 5) is 44.3. The highest BCUT2D eigenvalue weighted by Gasteiger charge is 2.41. The number of aryl methyl sites for hydroxylation is 2. The summed E-state index contributed by atoms with van der Waals surface area (Å²) in [6, 6.07) is 6.10. The monoisotopic (exact) mass is 750 g/mol. The van der Waals surface area contributed by atoms with Crippen molar-refractivity contribution in [2.45, 2.75) is 130 Å². The average Bonchev–Trinajstić information content (AvgIpc) is 3.87.